The molecule has 0 spiro atoms. The summed E-state index contributed by atoms with van der Waals surface area (Å²) in [6.07, 6.45) is 1.74. The summed E-state index contributed by atoms with van der Waals surface area (Å²) in [6, 6.07) is 0.270. The van der Waals surface area contributed by atoms with Crippen molar-refractivity contribution in [3.05, 3.63) is 0 Å². The number of carbonyl (C=O) groups excluding carboxylic acids is 1. The average Bonchev–Trinajstić information content (AvgIpc) is 1.85. The standard InChI is InChI=1S/C9H19NO/c1-5-8(4)6-9(11)10-7(2)3/h7-8H,5-6H2,1-4H3,(H,10,11)/t8-/m1/s1. The molecular formula is C9H19NO. The maximum atomic E-state index is 11.1. The molecule has 66 valence electrons. The van der Waals surface area contributed by atoms with E-state index in [0.29, 0.717) is 12.3 Å². The molecule has 0 aromatic rings. The van der Waals surface area contributed by atoms with Crippen LogP contribution < -0.4 is 5.32 Å². The van der Waals surface area contributed by atoms with E-state index >= 15 is 0 Å². The van der Waals surface area contributed by atoms with Crippen LogP contribution in [0.25, 0.3) is 0 Å². The highest BCUT2D eigenvalue weighted by Gasteiger charge is 2.07. The monoisotopic (exact) mass is 157 g/mol. The van der Waals surface area contributed by atoms with Gasteiger partial charge in [0.05, 0.1) is 0 Å². The molecule has 1 amide bonds. The topological polar surface area (TPSA) is 29.1 Å². The van der Waals surface area contributed by atoms with Crippen LogP contribution in [0.5, 0.6) is 0 Å². The van der Waals surface area contributed by atoms with E-state index in [0.717, 1.165) is 6.42 Å². The molecule has 0 aliphatic heterocycles. The van der Waals surface area contributed by atoms with Crippen molar-refractivity contribution in [2.45, 2.75) is 46.6 Å². The van der Waals surface area contributed by atoms with Crippen molar-refractivity contribution in [2.75, 3.05) is 0 Å². The van der Waals surface area contributed by atoms with E-state index in [2.05, 4.69) is 19.2 Å². The number of hydrogen-bond donors (Lipinski definition) is 1. The Bertz CT molecular complexity index is 121. The Morgan fingerprint density at radius 1 is 1.36 bits per heavy atom. The van der Waals surface area contributed by atoms with Crippen LogP contribution in [0.3, 0.4) is 0 Å². The molecule has 0 aliphatic rings. The fraction of sp³-hybridized carbons (Fsp3) is 0.889. The van der Waals surface area contributed by atoms with Gasteiger partial charge >= 0.3 is 0 Å². The number of hydrogen-bond acceptors (Lipinski definition) is 1. The molecule has 2 heteroatoms. The summed E-state index contributed by atoms with van der Waals surface area (Å²) < 4.78 is 0. The van der Waals surface area contributed by atoms with Crippen molar-refractivity contribution >= 4 is 5.91 Å². The Kier molecular flexibility index (Phi) is 4.92. The average molecular weight is 157 g/mol. The maximum absolute atomic E-state index is 11.1. The van der Waals surface area contributed by atoms with E-state index in [1.54, 1.807) is 0 Å². The normalized spacial score (nSPS) is 13.2. The van der Waals surface area contributed by atoms with Crippen molar-refractivity contribution in [2.24, 2.45) is 5.92 Å². The van der Waals surface area contributed by atoms with Crippen LogP contribution in [0.1, 0.15) is 40.5 Å². The molecule has 2 nitrogen and oxygen atoms in total. The Morgan fingerprint density at radius 3 is 2.27 bits per heavy atom. The molecule has 0 heterocycles. The molecular weight excluding hydrogens is 138 g/mol. The van der Waals surface area contributed by atoms with Crippen LogP contribution in [0.4, 0.5) is 0 Å². The van der Waals surface area contributed by atoms with E-state index < -0.39 is 0 Å². The lowest BCUT2D eigenvalue weighted by Gasteiger charge is -2.11. The lowest BCUT2D eigenvalue weighted by molar-refractivity contribution is -0.122. The molecule has 0 bridgehead atoms. The number of nitrogens with one attached hydrogen (secondary N) is 1. The van der Waals surface area contributed by atoms with E-state index in [9.17, 15) is 4.79 Å². The first-order valence-electron chi connectivity index (χ1n) is 4.35. The minimum atomic E-state index is 0.175. The highest BCUT2D eigenvalue weighted by Crippen LogP contribution is 2.05. The molecule has 0 rings (SSSR count). The van der Waals surface area contributed by atoms with Crippen LogP contribution in [0.2, 0.25) is 0 Å². The number of carbonyl (C=O) groups is 1. The summed E-state index contributed by atoms with van der Waals surface area (Å²) in [5, 5.41) is 2.87. The zero-order valence-corrected chi connectivity index (χ0v) is 7.98. The molecule has 11 heavy (non-hydrogen) atoms. The SMILES string of the molecule is CC[C@@H](C)CC(=O)NC(C)C. The van der Waals surface area contributed by atoms with Crippen LogP contribution in [0, 0.1) is 5.92 Å². The highest BCUT2D eigenvalue weighted by molar-refractivity contribution is 5.76. The zero-order valence-electron chi connectivity index (χ0n) is 7.98. The fourth-order valence-electron chi connectivity index (χ4n) is 0.842. The van der Waals surface area contributed by atoms with Gasteiger partial charge in [0.15, 0.2) is 0 Å². The third kappa shape index (κ3) is 5.89. The van der Waals surface area contributed by atoms with Gasteiger partial charge in [-0.15, -0.1) is 0 Å². The van der Waals surface area contributed by atoms with Gasteiger partial charge in [-0.25, -0.2) is 0 Å². The van der Waals surface area contributed by atoms with Crippen LogP contribution in [-0.2, 0) is 4.79 Å². The maximum Gasteiger partial charge on any atom is 0.220 e. The molecule has 0 unspecified atom stereocenters. The van der Waals surface area contributed by atoms with Crippen molar-refractivity contribution in [3.8, 4) is 0 Å². The largest absolute Gasteiger partial charge is 0.354 e. The summed E-state index contributed by atoms with van der Waals surface area (Å²) in [6.45, 7) is 8.16. The molecule has 0 radical (unpaired) electrons. The molecule has 0 aromatic carbocycles. The predicted octanol–water partition coefficient (Wildman–Crippen LogP) is 1.95. The Hall–Kier alpha value is -0.530. The van der Waals surface area contributed by atoms with Gasteiger partial charge in [0.2, 0.25) is 5.91 Å². The first kappa shape index (κ1) is 10.5. The summed E-state index contributed by atoms with van der Waals surface area (Å²) in [4.78, 5) is 11.1. The number of rotatable bonds is 4. The summed E-state index contributed by atoms with van der Waals surface area (Å²) in [7, 11) is 0. The molecule has 0 fully saturated rings. The van der Waals surface area contributed by atoms with Crippen molar-refractivity contribution < 1.29 is 4.79 Å². The zero-order chi connectivity index (χ0) is 8.85. The fourth-order valence-corrected chi connectivity index (χ4v) is 0.842. The Labute approximate surface area is 69.4 Å². The molecule has 0 saturated heterocycles. The van der Waals surface area contributed by atoms with E-state index in [1.807, 2.05) is 13.8 Å². The second-order valence-corrected chi connectivity index (χ2v) is 3.44. The van der Waals surface area contributed by atoms with Gasteiger partial charge in [-0.2, -0.15) is 0 Å². The highest BCUT2D eigenvalue weighted by atomic mass is 16.1. The molecule has 1 N–H and O–H groups in total. The van der Waals surface area contributed by atoms with Gasteiger partial charge in [0.25, 0.3) is 0 Å². The molecule has 0 saturated carbocycles. The first-order valence-corrected chi connectivity index (χ1v) is 4.35. The van der Waals surface area contributed by atoms with Gasteiger partial charge in [0.1, 0.15) is 0 Å². The van der Waals surface area contributed by atoms with Crippen molar-refractivity contribution in [1.29, 1.82) is 0 Å². The molecule has 0 aliphatic carbocycles. The van der Waals surface area contributed by atoms with Gasteiger partial charge in [0, 0.05) is 12.5 Å². The lowest BCUT2D eigenvalue weighted by atomic mass is 10.1. The Morgan fingerprint density at radius 2 is 1.91 bits per heavy atom. The number of amides is 1. The second-order valence-electron chi connectivity index (χ2n) is 3.44. The van der Waals surface area contributed by atoms with Gasteiger partial charge in [-0.05, 0) is 19.8 Å². The third-order valence-electron chi connectivity index (χ3n) is 1.68. The van der Waals surface area contributed by atoms with E-state index in [4.69, 9.17) is 0 Å². The summed E-state index contributed by atoms with van der Waals surface area (Å²) >= 11 is 0. The van der Waals surface area contributed by atoms with Gasteiger partial charge in [-0.3, -0.25) is 4.79 Å². The lowest BCUT2D eigenvalue weighted by Crippen LogP contribution is -2.31. The summed E-state index contributed by atoms with van der Waals surface area (Å²) in [5.74, 6) is 0.683. The van der Waals surface area contributed by atoms with Crippen LogP contribution >= 0.6 is 0 Å². The Balaban J connectivity index is 3.52. The van der Waals surface area contributed by atoms with E-state index in [-0.39, 0.29) is 11.9 Å². The minimum absolute atomic E-state index is 0.175. The van der Waals surface area contributed by atoms with Crippen LogP contribution in [-0.4, -0.2) is 11.9 Å². The van der Waals surface area contributed by atoms with Gasteiger partial charge in [-0.1, -0.05) is 20.3 Å². The summed E-state index contributed by atoms with van der Waals surface area (Å²) in [5.41, 5.74) is 0. The minimum Gasteiger partial charge on any atom is -0.354 e. The molecule has 0 aromatic heterocycles. The molecule has 1 atom stereocenters. The van der Waals surface area contributed by atoms with Crippen molar-refractivity contribution in [1.82, 2.24) is 5.32 Å². The smallest absolute Gasteiger partial charge is 0.220 e. The van der Waals surface area contributed by atoms with Crippen molar-refractivity contribution in [3.63, 3.8) is 0 Å². The van der Waals surface area contributed by atoms with Crippen LogP contribution in [0.15, 0.2) is 0 Å². The van der Waals surface area contributed by atoms with Gasteiger partial charge < -0.3 is 5.32 Å². The third-order valence-corrected chi connectivity index (χ3v) is 1.68. The van der Waals surface area contributed by atoms with E-state index in [1.165, 1.54) is 0 Å². The quantitative estimate of drug-likeness (QED) is 0.664. The predicted molar refractivity (Wildman–Crippen MR) is 47.4 cm³/mol. The first-order chi connectivity index (χ1) is 5.06. The second kappa shape index (κ2) is 5.16.